The summed E-state index contributed by atoms with van der Waals surface area (Å²) in [6, 6.07) is 10.4. The molecule has 1 N–H and O–H groups in total. The summed E-state index contributed by atoms with van der Waals surface area (Å²) < 4.78 is 5.28. The van der Waals surface area contributed by atoms with Crippen LogP contribution in [0.5, 0.6) is 0 Å². The number of fused-ring (bicyclic) bond motifs is 2. The summed E-state index contributed by atoms with van der Waals surface area (Å²) in [5.41, 5.74) is 0.925. The average molecular weight is 312 g/mol. The fourth-order valence-electron chi connectivity index (χ4n) is 3.59. The minimum atomic E-state index is 0.207. The highest BCUT2D eigenvalue weighted by Gasteiger charge is 2.39. The van der Waals surface area contributed by atoms with Crippen LogP contribution in [-0.4, -0.2) is 46.1 Å². The van der Waals surface area contributed by atoms with Gasteiger partial charge in [0, 0.05) is 43.6 Å². The van der Waals surface area contributed by atoms with Crippen LogP contribution in [0, 0.1) is 0 Å². The number of piperazine rings is 1. The van der Waals surface area contributed by atoms with E-state index in [1.54, 1.807) is 0 Å². The highest BCUT2D eigenvalue weighted by atomic mass is 16.5. The third-order valence-corrected chi connectivity index (χ3v) is 4.72. The molecular weight excluding hydrogens is 292 g/mol. The molecule has 2 atom stereocenters. The molecule has 0 radical (unpaired) electrons. The predicted molar refractivity (Wildman–Crippen MR) is 84.6 cm³/mol. The van der Waals surface area contributed by atoms with Gasteiger partial charge in [0.2, 0.25) is 17.6 Å². The summed E-state index contributed by atoms with van der Waals surface area (Å²) in [5.74, 6) is 1.31. The van der Waals surface area contributed by atoms with Crippen molar-refractivity contribution in [2.75, 3.05) is 13.1 Å². The number of nitrogens with zero attached hydrogens (tertiary/aromatic N) is 3. The second-order valence-corrected chi connectivity index (χ2v) is 6.22. The highest BCUT2D eigenvalue weighted by Crippen LogP contribution is 2.27. The molecule has 0 saturated carbocycles. The van der Waals surface area contributed by atoms with Gasteiger partial charge in [-0.05, 0) is 12.8 Å². The van der Waals surface area contributed by atoms with Gasteiger partial charge in [0.15, 0.2) is 0 Å². The number of carbonyl (C=O) groups excluding carboxylic acids is 1. The molecular formula is C17H20N4O2. The molecule has 6 nitrogen and oxygen atoms in total. The van der Waals surface area contributed by atoms with Crippen molar-refractivity contribution >= 4 is 5.91 Å². The first-order chi connectivity index (χ1) is 11.3. The minimum Gasteiger partial charge on any atom is -0.339 e. The van der Waals surface area contributed by atoms with E-state index in [2.05, 4.69) is 20.4 Å². The van der Waals surface area contributed by atoms with Crippen molar-refractivity contribution in [3.63, 3.8) is 0 Å². The lowest BCUT2D eigenvalue weighted by Gasteiger charge is -2.35. The Hall–Kier alpha value is -2.21. The number of carbonyl (C=O) groups is 1. The molecule has 1 aromatic heterocycles. The molecule has 3 heterocycles. The summed E-state index contributed by atoms with van der Waals surface area (Å²) in [7, 11) is 0. The molecule has 2 aromatic rings. The van der Waals surface area contributed by atoms with Gasteiger partial charge >= 0.3 is 0 Å². The van der Waals surface area contributed by atoms with Crippen LogP contribution < -0.4 is 5.32 Å². The zero-order chi connectivity index (χ0) is 15.6. The summed E-state index contributed by atoms with van der Waals surface area (Å²) >= 11 is 0. The monoisotopic (exact) mass is 312 g/mol. The highest BCUT2D eigenvalue weighted by molar-refractivity contribution is 5.77. The molecule has 1 aromatic carbocycles. The summed E-state index contributed by atoms with van der Waals surface area (Å²) in [6.07, 6.45) is 3.16. The Labute approximate surface area is 134 Å². The van der Waals surface area contributed by atoms with E-state index in [4.69, 9.17) is 4.52 Å². The zero-order valence-electron chi connectivity index (χ0n) is 12.9. The molecule has 2 saturated heterocycles. The lowest BCUT2D eigenvalue weighted by Crippen LogP contribution is -2.54. The summed E-state index contributed by atoms with van der Waals surface area (Å²) in [5, 5.41) is 7.39. The molecule has 0 spiro atoms. The Morgan fingerprint density at radius 3 is 2.70 bits per heavy atom. The van der Waals surface area contributed by atoms with Crippen LogP contribution in [0.2, 0.25) is 0 Å². The van der Waals surface area contributed by atoms with Crippen LogP contribution in [0.15, 0.2) is 34.9 Å². The Bertz CT molecular complexity index is 669. The van der Waals surface area contributed by atoms with Crippen LogP contribution in [-0.2, 0) is 11.2 Å². The molecule has 2 aliphatic heterocycles. The van der Waals surface area contributed by atoms with E-state index in [9.17, 15) is 4.79 Å². The molecule has 23 heavy (non-hydrogen) atoms. The smallest absolute Gasteiger partial charge is 0.227 e. The molecule has 2 bridgehead atoms. The Kier molecular flexibility index (Phi) is 3.83. The van der Waals surface area contributed by atoms with Crippen LogP contribution >= 0.6 is 0 Å². The summed E-state index contributed by atoms with van der Waals surface area (Å²) in [6.45, 7) is 1.84. The van der Waals surface area contributed by atoms with Gasteiger partial charge in [0.05, 0.1) is 0 Å². The van der Waals surface area contributed by atoms with E-state index < -0.39 is 0 Å². The first-order valence-corrected chi connectivity index (χ1v) is 8.21. The second kappa shape index (κ2) is 6.12. The van der Waals surface area contributed by atoms with E-state index in [1.165, 1.54) is 0 Å². The quantitative estimate of drug-likeness (QED) is 0.929. The molecule has 6 heteroatoms. The number of amides is 1. The number of aryl methyl sites for hydroxylation is 1. The average Bonchev–Trinajstić information content (AvgIpc) is 3.16. The largest absolute Gasteiger partial charge is 0.339 e. The first kappa shape index (κ1) is 14.4. The molecule has 4 rings (SSSR count). The van der Waals surface area contributed by atoms with Gasteiger partial charge in [-0.15, -0.1) is 0 Å². The van der Waals surface area contributed by atoms with Gasteiger partial charge in [0.1, 0.15) is 0 Å². The van der Waals surface area contributed by atoms with Crippen LogP contribution in [0.25, 0.3) is 11.4 Å². The maximum atomic E-state index is 12.5. The van der Waals surface area contributed by atoms with Gasteiger partial charge in [-0.2, -0.15) is 4.98 Å². The van der Waals surface area contributed by atoms with Gasteiger partial charge < -0.3 is 14.7 Å². The molecule has 0 unspecified atom stereocenters. The summed E-state index contributed by atoms with van der Waals surface area (Å²) in [4.78, 5) is 19.0. The van der Waals surface area contributed by atoms with Gasteiger partial charge in [-0.25, -0.2) is 0 Å². The molecule has 2 fully saturated rings. The van der Waals surface area contributed by atoms with E-state index in [0.717, 1.165) is 31.5 Å². The standard InChI is InChI=1S/C17H20N4O2/c22-16(21-13-6-7-14(21)11-18-10-13)9-8-15-19-17(20-23-15)12-4-2-1-3-5-12/h1-5,13-14,18H,6-11H2/t13-,14+. The number of aromatic nitrogens is 2. The van der Waals surface area contributed by atoms with Crippen molar-refractivity contribution in [2.24, 2.45) is 0 Å². The van der Waals surface area contributed by atoms with Gasteiger partial charge in [0.25, 0.3) is 0 Å². The van der Waals surface area contributed by atoms with Crippen molar-refractivity contribution in [3.05, 3.63) is 36.2 Å². The molecule has 2 aliphatic rings. The number of benzene rings is 1. The van der Waals surface area contributed by atoms with Crippen LogP contribution in [0.4, 0.5) is 0 Å². The van der Waals surface area contributed by atoms with Crippen molar-refractivity contribution in [2.45, 2.75) is 37.8 Å². The third kappa shape index (κ3) is 2.86. The van der Waals surface area contributed by atoms with E-state index in [-0.39, 0.29) is 5.91 Å². The number of hydrogen-bond donors (Lipinski definition) is 1. The fourth-order valence-corrected chi connectivity index (χ4v) is 3.59. The van der Waals surface area contributed by atoms with E-state index in [1.807, 2.05) is 30.3 Å². The Balaban J connectivity index is 1.38. The first-order valence-electron chi connectivity index (χ1n) is 8.21. The van der Waals surface area contributed by atoms with Crippen molar-refractivity contribution < 1.29 is 9.32 Å². The SMILES string of the molecule is O=C(CCc1nc(-c2ccccc2)no1)N1[C@@H]2CC[C@H]1CNC2. The zero-order valence-corrected chi connectivity index (χ0v) is 12.9. The number of rotatable bonds is 4. The van der Waals surface area contributed by atoms with E-state index >= 15 is 0 Å². The molecule has 120 valence electrons. The third-order valence-electron chi connectivity index (χ3n) is 4.72. The fraction of sp³-hybridized carbons (Fsp3) is 0.471. The number of nitrogens with one attached hydrogen (secondary N) is 1. The number of hydrogen-bond acceptors (Lipinski definition) is 5. The Morgan fingerprint density at radius 1 is 1.22 bits per heavy atom. The lowest BCUT2D eigenvalue weighted by atomic mass is 10.2. The second-order valence-electron chi connectivity index (χ2n) is 6.22. The normalized spacial score (nSPS) is 23.2. The maximum absolute atomic E-state index is 12.5. The van der Waals surface area contributed by atoms with Crippen molar-refractivity contribution in [3.8, 4) is 11.4 Å². The van der Waals surface area contributed by atoms with Gasteiger partial charge in [-0.1, -0.05) is 35.5 Å². The van der Waals surface area contributed by atoms with Crippen molar-refractivity contribution in [1.29, 1.82) is 0 Å². The van der Waals surface area contributed by atoms with E-state index in [0.29, 0.717) is 36.6 Å². The van der Waals surface area contributed by atoms with Crippen molar-refractivity contribution in [1.82, 2.24) is 20.4 Å². The van der Waals surface area contributed by atoms with Crippen LogP contribution in [0.1, 0.15) is 25.2 Å². The maximum Gasteiger partial charge on any atom is 0.227 e. The van der Waals surface area contributed by atoms with Gasteiger partial charge in [-0.3, -0.25) is 4.79 Å². The predicted octanol–water partition coefficient (Wildman–Crippen LogP) is 1.63. The lowest BCUT2D eigenvalue weighted by molar-refractivity contribution is -0.135. The minimum absolute atomic E-state index is 0.207. The molecule has 1 amide bonds. The topological polar surface area (TPSA) is 71.3 Å². The molecule has 0 aliphatic carbocycles. The Morgan fingerprint density at radius 2 is 1.96 bits per heavy atom. The van der Waals surface area contributed by atoms with Crippen LogP contribution in [0.3, 0.4) is 0 Å².